The lowest BCUT2D eigenvalue weighted by molar-refractivity contribution is -0.126. The molecule has 0 saturated carbocycles. The first-order chi connectivity index (χ1) is 12.0. The number of ether oxygens (including phenoxy) is 1. The minimum atomic E-state index is -0.947. The van der Waals surface area contributed by atoms with Gasteiger partial charge < -0.3 is 14.1 Å². The van der Waals surface area contributed by atoms with Crippen molar-refractivity contribution < 1.29 is 13.9 Å². The van der Waals surface area contributed by atoms with Gasteiger partial charge in [0.1, 0.15) is 11.3 Å². The van der Waals surface area contributed by atoms with Crippen molar-refractivity contribution in [3.05, 3.63) is 46.4 Å². The fourth-order valence-electron chi connectivity index (χ4n) is 3.57. The van der Waals surface area contributed by atoms with E-state index < -0.39 is 11.2 Å². The second kappa shape index (κ2) is 5.76. The Morgan fingerprint density at radius 1 is 1.04 bits per heavy atom. The van der Waals surface area contributed by atoms with Crippen LogP contribution in [0, 0.1) is 0 Å². The van der Waals surface area contributed by atoms with Crippen molar-refractivity contribution in [1.82, 2.24) is 4.90 Å². The van der Waals surface area contributed by atoms with Crippen LogP contribution >= 0.6 is 0 Å². The number of fused-ring (bicyclic) bond motifs is 3. The Bertz CT molecular complexity index is 932. The number of nitrogens with zero attached hydrogens (tertiary/aromatic N) is 1. The lowest BCUT2D eigenvalue weighted by Crippen LogP contribution is -2.42. The van der Waals surface area contributed by atoms with E-state index in [1.807, 2.05) is 18.3 Å². The first kappa shape index (κ1) is 15.9. The van der Waals surface area contributed by atoms with Crippen molar-refractivity contribution in [2.24, 2.45) is 0 Å². The Morgan fingerprint density at radius 2 is 1.76 bits per heavy atom. The molecule has 5 heteroatoms. The molecule has 3 heterocycles. The summed E-state index contributed by atoms with van der Waals surface area (Å²) in [7, 11) is 0. The van der Waals surface area contributed by atoms with Gasteiger partial charge in [0, 0.05) is 30.7 Å². The summed E-state index contributed by atoms with van der Waals surface area (Å²) in [6, 6.07) is 6.79. The van der Waals surface area contributed by atoms with Gasteiger partial charge in [0.25, 0.3) is 0 Å². The number of hydrogen-bond acceptors (Lipinski definition) is 5. The van der Waals surface area contributed by atoms with Gasteiger partial charge in [-0.3, -0.25) is 4.79 Å². The Kier molecular flexibility index (Phi) is 3.67. The van der Waals surface area contributed by atoms with Gasteiger partial charge in [-0.1, -0.05) is 0 Å². The molecular formula is C20H21NO4. The van der Waals surface area contributed by atoms with Gasteiger partial charge in [-0.2, -0.15) is 0 Å². The van der Waals surface area contributed by atoms with E-state index in [4.69, 9.17) is 9.15 Å². The Balaban J connectivity index is 1.96. The normalized spacial score (nSPS) is 21.3. The van der Waals surface area contributed by atoms with Crippen molar-refractivity contribution in [3.8, 4) is 5.75 Å². The molecule has 1 saturated heterocycles. The third-order valence-electron chi connectivity index (χ3n) is 4.88. The van der Waals surface area contributed by atoms with Gasteiger partial charge in [0.05, 0.1) is 11.1 Å². The number of ketones is 1. The molecule has 2 aromatic rings. The molecule has 0 unspecified atom stereocenters. The first-order valence-electron chi connectivity index (χ1n) is 8.73. The predicted octanol–water partition coefficient (Wildman–Crippen LogP) is 3.36. The fraction of sp³-hybridized carbons (Fsp3) is 0.400. The molecule has 130 valence electrons. The molecule has 2 aliphatic heterocycles. The minimum Gasteiger partial charge on any atom is -0.479 e. The van der Waals surface area contributed by atoms with E-state index >= 15 is 0 Å². The van der Waals surface area contributed by atoms with E-state index in [0.717, 1.165) is 31.3 Å². The van der Waals surface area contributed by atoms with Crippen LogP contribution in [0.25, 0.3) is 16.5 Å². The maximum absolute atomic E-state index is 13.1. The molecule has 0 aliphatic carbocycles. The summed E-state index contributed by atoms with van der Waals surface area (Å²) in [5.41, 5.74) is 0.183. The van der Waals surface area contributed by atoms with E-state index in [1.54, 1.807) is 19.9 Å². The van der Waals surface area contributed by atoms with Gasteiger partial charge in [-0.05, 0) is 51.3 Å². The van der Waals surface area contributed by atoms with Crippen LogP contribution in [0.1, 0.15) is 38.7 Å². The monoisotopic (exact) mass is 339 g/mol. The smallest absolute Gasteiger partial charge is 0.336 e. The van der Waals surface area contributed by atoms with E-state index in [9.17, 15) is 9.59 Å². The molecular weight excluding hydrogens is 318 g/mol. The molecule has 1 fully saturated rings. The first-order valence-corrected chi connectivity index (χ1v) is 8.73. The molecule has 0 radical (unpaired) electrons. The number of carbonyl (C=O) groups excluding carboxylic acids is 1. The number of likely N-dealkylation sites (tertiary alicyclic amines) is 1. The van der Waals surface area contributed by atoms with Crippen molar-refractivity contribution >= 4 is 22.3 Å². The maximum atomic E-state index is 13.1. The van der Waals surface area contributed by atoms with Crippen molar-refractivity contribution in [3.63, 3.8) is 0 Å². The topological polar surface area (TPSA) is 59.8 Å². The van der Waals surface area contributed by atoms with E-state index in [2.05, 4.69) is 4.90 Å². The van der Waals surface area contributed by atoms with Crippen molar-refractivity contribution in [2.45, 2.75) is 38.7 Å². The maximum Gasteiger partial charge on any atom is 0.336 e. The molecule has 0 bridgehead atoms. The van der Waals surface area contributed by atoms with Gasteiger partial charge >= 0.3 is 5.63 Å². The van der Waals surface area contributed by atoms with Crippen molar-refractivity contribution in [2.75, 3.05) is 13.1 Å². The lowest BCUT2D eigenvalue weighted by Gasteiger charge is -2.34. The van der Waals surface area contributed by atoms with Crippen LogP contribution in [0.4, 0.5) is 0 Å². The molecule has 4 rings (SSSR count). The van der Waals surface area contributed by atoms with Gasteiger partial charge in [0.2, 0.25) is 5.78 Å². The Labute approximate surface area is 145 Å². The highest BCUT2D eigenvalue weighted by Crippen LogP contribution is 2.42. The highest BCUT2D eigenvalue weighted by atomic mass is 16.5. The Morgan fingerprint density at radius 3 is 2.52 bits per heavy atom. The number of rotatable bonds is 1. The van der Waals surface area contributed by atoms with Crippen LogP contribution in [-0.2, 0) is 4.79 Å². The summed E-state index contributed by atoms with van der Waals surface area (Å²) in [6.07, 6.45) is 5.39. The molecule has 25 heavy (non-hydrogen) atoms. The number of hydrogen-bond donors (Lipinski definition) is 0. The molecule has 0 atom stereocenters. The third kappa shape index (κ3) is 2.73. The zero-order valence-corrected chi connectivity index (χ0v) is 14.5. The number of Topliss-reactive ketones (excluding diaryl/α,β-unsaturated/α-hetero) is 1. The summed E-state index contributed by atoms with van der Waals surface area (Å²) in [4.78, 5) is 27.0. The third-order valence-corrected chi connectivity index (χ3v) is 4.88. The summed E-state index contributed by atoms with van der Waals surface area (Å²) in [5, 5.41) is 0.777. The molecule has 5 nitrogen and oxygen atoms in total. The van der Waals surface area contributed by atoms with Crippen LogP contribution in [0.3, 0.4) is 0 Å². The predicted molar refractivity (Wildman–Crippen MR) is 95.6 cm³/mol. The van der Waals surface area contributed by atoms with Crippen LogP contribution in [0.2, 0.25) is 0 Å². The quantitative estimate of drug-likeness (QED) is 0.589. The molecule has 1 aromatic carbocycles. The largest absolute Gasteiger partial charge is 0.479 e. The number of piperidine rings is 1. The van der Waals surface area contributed by atoms with Crippen LogP contribution < -0.4 is 10.4 Å². The van der Waals surface area contributed by atoms with E-state index in [1.165, 1.54) is 12.5 Å². The van der Waals surface area contributed by atoms with E-state index in [-0.39, 0.29) is 5.78 Å². The van der Waals surface area contributed by atoms with Gasteiger partial charge in [0.15, 0.2) is 5.60 Å². The van der Waals surface area contributed by atoms with Crippen LogP contribution in [0.15, 0.2) is 39.7 Å². The minimum absolute atomic E-state index is 0.0930. The summed E-state index contributed by atoms with van der Waals surface area (Å²) in [5.74, 6) is 0.485. The molecule has 1 aromatic heterocycles. The molecule has 0 amide bonds. The summed E-state index contributed by atoms with van der Waals surface area (Å²) < 4.78 is 11.4. The second-order valence-corrected chi connectivity index (χ2v) is 7.19. The highest BCUT2D eigenvalue weighted by molar-refractivity contribution is 6.28. The summed E-state index contributed by atoms with van der Waals surface area (Å²) in [6.45, 7) is 5.41. The fourth-order valence-corrected chi connectivity index (χ4v) is 3.57. The molecule has 2 aliphatic rings. The second-order valence-electron chi connectivity index (χ2n) is 7.19. The van der Waals surface area contributed by atoms with E-state index in [0.29, 0.717) is 22.5 Å². The van der Waals surface area contributed by atoms with Crippen LogP contribution in [0.5, 0.6) is 5.75 Å². The highest BCUT2D eigenvalue weighted by Gasteiger charge is 2.40. The van der Waals surface area contributed by atoms with Gasteiger partial charge in [-0.15, -0.1) is 0 Å². The summed E-state index contributed by atoms with van der Waals surface area (Å²) >= 11 is 0. The average Bonchev–Trinajstić information content (AvgIpc) is 2.59. The van der Waals surface area contributed by atoms with Crippen molar-refractivity contribution in [1.29, 1.82) is 0 Å². The SMILES string of the molecule is CC1(C)Oc2ccc3ccc(=O)oc3c2C(=CN2CCCCC2)C1=O. The number of benzene rings is 1. The molecule has 0 N–H and O–H groups in total. The zero-order chi connectivity index (χ0) is 17.6. The zero-order valence-electron chi connectivity index (χ0n) is 14.5. The standard InChI is InChI=1S/C20H21NO4/c1-20(2)19(23)14(12-21-10-4-3-5-11-21)17-15(25-20)8-6-13-7-9-16(22)24-18(13)17/h6-9,12H,3-5,10-11H2,1-2H3. The molecule has 0 spiro atoms. The van der Waals surface area contributed by atoms with Crippen LogP contribution in [-0.4, -0.2) is 29.4 Å². The Hall–Kier alpha value is -2.56. The van der Waals surface area contributed by atoms with Gasteiger partial charge in [-0.25, -0.2) is 4.79 Å². The lowest BCUT2D eigenvalue weighted by atomic mass is 9.87. The average molecular weight is 339 g/mol. The number of carbonyl (C=O) groups is 1.